The van der Waals surface area contributed by atoms with Crippen LogP contribution in [-0.4, -0.2) is 57.5 Å². The Bertz CT molecular complexity index is 772. The molecule has 3 rings (SSSR count). The number of ether oxygens (including phenoxy) is 1. The summed E-state index contributed by atoms with van der Waals surface area (Å²) in [7, 11) is 0. The van der Waals surface area contributed by atoms with E-state index in [9.17, 15) is 9.59 Å². The predicted molar refractivity (Wildman–Crippen MR) is 89.3 cm³/mol. The molecule has 0 bridgehead atoms. The summed E-state index contributed by atoms with van der Waals surface area (Å²) in [6, 6.07) is 7.59. The second kappa shape index (κ2) is 6.74. The predicted octanol–water partition coefficient (Wildman–Crippen LogP) is 1.87. The zero-order chi connectivity index (χ0) is 17.3. The van der Waals surface area contributed by atoms with Crippen LogP contribution < -0.4 is 0 Å². The molecule has 0 aliphatic carbocycles. The lowest BCUT2D eigenvalue weighted by Gasteiger charge is -2.30. The number of carboxylic acid groups (broad SMARTS) is 1. The van der Waals surface area contributed by atoms with Gasteiger partial charge in [0, 0.05) is 11.0 Å². The van der Waals surface area contributed by atoms with Gasteiger partial charge in [0.15, 0.2) is 6.10 Å². The summed E-state index contributed by atoms with van der Waals surface area (Å²) >= 11 is 3.38. The Morgan fingerprint density at radius 1 is 1.33 bits per heavy atom. The van der Waals surface area contributed by atoms with E-state index < -0.39 is 12.1 Å². The first-order chi connectivity index (χ1) is 11.5. The molecule has 1 unspecified atom stereocenters. The summed E-state index contributed by atoms with van der Waals surface area (Å²) in [5.74, 6) is -1.29. The van der Waals surface area contributed by atoms with Gasteiger partial charge in [-0.15, -0.1) is 0 Å². The van der Waals surface area contributed by atoms with Crippen molar-refractivity contribution in [1.29, 1.82) is 0 Å². The largest absolute Gasteiger partial charge is 0.479 e. The lowest BCUT2D eigenvalue weighted by molar-refractivity contribution is -0.154. The molecule has 24 heavy (non-hydrogen) atoms. The van der Waals surface area contributed by atoms with Crippen molar-refractivity contribution in [2.24, 2.45) is 0 Å². The van der Waals surface area contributed by atoms with Crippen molar-refractivity contribution >= 4 is 27.8 Å². The van der Waals surface area contributed by atoms with Crippen LogP contribution in [0.2, 0.25) is 0 Å². The fourth-order valence-corrected chi connectivity index (χ4v) is 2.88. The van der Waals surface area contributed by atoms with Gasteiger partial charge in [-0.1, -0.05) is 15.9 Å². The van der Waals surface area contributed by atoms with Crippen LogP contribution in [0.1, 0.15) is 16.1 Å². The Morgan fingerprint density at radius 3 is 2.71 bits per heavy atom. The van der Waals surface area contributed by atoms with Crippen LogP contribution in [0.4, 0.5) is 0 Å². The molecule has 0 radical (unpaired) electrons. The quantitative estimate of drug-likeness (QED) is 0.860. The van der Waals surface area contributed by atoms with Gasteiger partial charge in [0.2, 0.25) is 0 Å². The summed E-state index contributed by atoms with van der Waals surface area (Å²) < 4.78 is 7.80. The summed E-state index contributed by atoms with van der Waals surface area (Å²) in [6.07, 6.45) is 0.537. The van der Waals surface area contributed by atoms with E-state index in [0.29, 0.717) is 17.8 Å². The van der Waals surface area contributed by atoms with Gasteiger partial charge in [0.1, 0.15) is 0 Å². The molecule has 1 saturated heterocycles. The van der Waals surface area contributed by atoms with E-state index in [2.05, 4.69) is 21.0 Å². The highest BCUT2D eigenvalue weighted by molar-refractivity contribution is 9.10. The van der Waals surface area contributed by atoms with E-state index in [-0.39, 0.29) is 19.1 Å². The first-order valence-corrected chi connectivity index (χ1v) is 8.21. The highest BCUT2D eigenvalue weighted by Crippen LogP contribution is 2.19. The Morgan fingerprint density at radius 2 is 2.04 bits per heavy atom. The molecular weight excluding hydrogens is 378 g/mol. The molecule has 1 atom stereocenters. The zero-order valence-corrected chi connectivity index (χ0v) is 14.6. The van der Waals surface area contributed by atoms with E-state index >= 15 is 0 Å². The first-order valence-electron chi connectivity index (χ1n) is 7.41. The maximum atomic E-state index is 12.7. The van der Waals surface area contributed by atoms with Gasteiger partial charge in [-0.05, 0) is 31.2 Å². The number of hydrogen-bond donors (Lipinski definition) is 1. The van der Waals surface area contributed by atoms with E-state index in [1.807, 2.05) is 31.2 Å². The summed E-state index contributed by atoms with van der Waals surface area (Å²) in [5.41, 5.74) is 2.02. The standard InChI is InChI=1S/C16H16BrN3O4/c1-10-13(8-18-20(10)12-4-2-11(17)3-5-12)15(21)19-6-7-24-14(9-19)16(22)23/h2-5,8,14H,6-7,9H2,1H3,(H,22,23). The number of nitrogens with zero attached hydrogens (tertiary/aromatic N) is 3. The van der Waals surface area contributed by atoms with Crippen molar-refractivity contribution in [3.05, 3.63) is 46.2 Å². The lowest BCUT2D eigenvalue weighted by atomic mass is 10.2. The summed E-state index contributed by atoms with van der Waals surface area (Å²) in [4.78, 5) is 25.3. The van der Waals surface area contributed by atoms with Crippen LogP contribution in [0.5, 0.6) is 0 Å². The topological polar surface area (TPSA) is 84.7 Å². The molecule has 8 heteroatoms. The maximum absolute atomic E-state index is 12.7. The molecule has 7 nitrogen and oxygen atoms in total. The molecule has 1 N–H and O–H groups in total. The maximum Gasteiger partial charge on any atom is 0.334 e. The highest BCUT2D eigenvalue weighted by Gasteiger charge is 2.30. The fraction of sp³-hybridized carbons (Fsp3) is 0.312. The molecule has 2 aromatic rings. The summed E-state index contributed by atoms with van der Waals surface area (Å²) in [5, 5.41) is 13.3. The van der Waals surface area contributed by atoms with Gasteiger partial charge in [0.25, 0.3) is 5.91 Å². The minimum absolute atomic E-state index is 0.0388. The van der Waals surface area contributed by atoms with Gasteiger partial charge in [-0.25, -0.2) is 9.48 Å². The Balaban J connectivity index is 1.83. The molecule has 1 aliphatic rings. The third-order valence-electron chi connectivity index (χ3n) is 3.94. The number of aromatic nitrogens is 2. The second-order valence-electron chi connectivity index (χ2n) is 5.48. The van der Waals surface area contributed by atoms with Gasteiger partial charge >= 0.3 is 5.97 Å². The smallest absolute Gasteiger partial charge is 0.334 e. The van der Waals surface area contributed by atoms with Crippen molar-refractivity contribution in [2.75, 3.05) is 19.7 Å². The van der Waals surface area contributed by atoms with Gasteiger partial charge in [0.05, 0.1) is 36.3 Å². The third-order valence-corrected chi connectivity index (χ3v) is 4.47. The van der Waals surface area contributed by atoms with Crippen LogP contribution in [0.3, 0.4) is 0 Å². The van der Waals surface area contributed by atoms with Gasteiger partial charge < -0.3 is 14.7 Å². The van der Waals surface area contributed by atoms with Crippen LogP contribution in [0, 0.1) is 6.92 Å². The number of carboxylic acids is 1. The number of amides is 1. The van der Waals surface area contributed by atoms with Gasteiger partial charge in [-0.2, -0.15) is 5.10 Å². The molecule has 1 amide bonds. The van der Waals surface area contributed by atoms with Crippen LogP contribution in [-0.2, 0) is 9.53 Å². The first kappa shape index (κ1) is 16.7. The van der Waals surface area contributed by atoms with E-state index in [0.717, 1.165) is 10.2 Å². The molecule has 0 saturated carbocycles. The van der Waals surface area contributed by atoms with E-state index in [1.54, 1.807) is 4.68 Å². The lowest BCUT2D eigenvalue weighted by Crippen LogP contribution is -2.48. The Labute approximate surface area is 147 Å². The zero-order valence-electron chi connectivity index (χ0n) is 13.0. The number of carbonyl (C=O) groups is 2. The van der Waals surface area contributed by atoms with Crippen molar-refractivity contribution in [2.45, 2.75) is 13.0 Å². The molecule has 1 aromatic heterocycles. The molecule has 0 spiro atoms. The van der Waals surface area contributed by atoms with Gasteiger partial charge in [-0.3, -0.25) is 4.79 Å². The molecular formula is C16H16BrN3O4. The molecule has 2 heterocycles. The number of carbonyl (C=O) groups excluding carboxylic acids is 1. The number of morpholine rings is 1. The van der Waals surface area contributed by atoms with Crippen molar-refractivity contribution in [3.63, 3.8) is 0 Å². The van der Waals surface area contributed by atoms with Crippen molar-refractivity contribution in [3.8, 4) is 5.69 Å². The van der Waals surface area contributed by atoms with Crippen molar-refractivity contribution in [1.82, 2.24) is 14.7 Å². The van der Waals surface area contributed by atoms with Crippen LogP contribution in [0.15, 0.2) is 34.9 Å². The SMILES string of the molecule is Cc1c(C(=O)N2CCOC(C(=O)O)C2)cnn1-c1ccc(Br)cc1. The number of halogens is 1. The van der Waals surface area contributed by atoms with Crippen LogP contribution >= 0.6 is 15.9 Å². The van der Waals surface area contributed by atoms with E-state index in [4.69, 9.17) is 9.84 Å². The fourth-order valence-electron chi connectivity index (χ4n) is 2.62. The number of aliphatic carboxylic acids is 1. The summed E-state index contributed by atoms with van der Waals surface area (Å²) in [6.45, 7) is 2.43. The Hall–Kier alpha value is -2.19. The minimum Gasteiger partial charge on any atom is -0.479 e. The normalized spacial score (nSPS) is 17.8. The monoisotopic (exact) mass is 393 g/mol. The third kappa shape index (κ3) is 3.20. The molecule has 126 valence electrons. The minimum atomic E-state index is -1.06. The van der Waals surface area contributed by atoms with Crippen LogP contribution in [0.25, 0.3) is 5.69 Å². The highest BCUT2D eigenvalue weighted by atomic mass is 79.9. The second-order valence-corrected chi connectivity index (χ2v) is 6.40. The van der Waals surface area contributed by atoms with Crippen molar-refractivity contribution < 1.29 is 19.4 Å². The Kier molecular flexibility index (Phi) is 4.68. The van der Waals surface area contributed by atoms with E-state index in [1.165, 1.54) is 11.1 Å². The number of hydrogen-bond acceptors (Lipinski definition) is 4. The number of benzene rings is 1. The number of rotatable bonds is 3. The average molecular weight is 394 g/mol. The molecule has 1 aliphatic heterocycles. The molecule has 1 aromatic carbocycles. The average Bonchev–Trinajstić information content (AvgIpc) is 2.96. The molecule has 1 fully saturated rings.